The first kappa shape index (κ1) is 15.2. The molecule has 118 valence electrons. The fourth-order valence-corrected chi connectivity index (χ4v) is 4.94. The molecule has 3 aliphatic rings. The molecule has 0 bridgehead atoms. The lowest BCUT2D eigenvalue weighted by molar-refractivity contribution is -0.139. The topological polar surface area (TPSA) is 49.4 Å². The number of nitrogens with zero attached hydrogens (tertiary/aromatic N) is 1. The van der Waals surface area contributed by atoms with Crippen molar-refractivity contribution in [2.75, 3.05) is 19.3 Å². The summed E-state index contributed by atoms with van der Waals surface area (Å²) in [5.74, 6) is 0.518. The second-order valence-electron chi connectivity index (χ2n) is 7.10. The maximum Gasteiger partial charge on any atom is 0.248 e. The molecule has 1 N–H and O–H groups in total. The van der Waals surface area contributed by atoms with E-state index in [2.05, 4.69) is 11.6 Å². The van der Waals surface area contributed by atoms with Gasteiger partial charge in [-0.1, -0.05) is 12.8 Å². The average Bonchev–Trinajstić information content (AvgIpc) is 3.24. The Balaban J connectivity index is 1.80. The van der Waals surface area contributed by atoms with E-state index in [0.717, 1.165) is 19.4 Å². The Hall–Kier alpha value is -0.710. The van der Waals surface area contributed by atoms with Gasteiger partial charge in [-0.25, -0.2) is 0 Å². The minimum absolute atomic E-state index is 0.0323. The van der Waals surface area contributed by atoms with E-state index in [9.17, 15) is 9.59 Å². The zero-order valence-corrected chi connectivity index (χ0v) is 13.9. The van der Waals surface area contributed by atoms with Crippen LogP contribution in [0.4, 0.5) is 0 Å². The van der Waals surface area contributed by atoms with E-state index in [1.165, 1.54) is 25.7 Å². The van der Waals surface area contributed by atoms with Crippen molar-refractivity contribution in [2.45, 2.75) is 62.2 Å². The lowest BCUT2D eigenvalue weighted by Crippen LogP contribution is -2.58. The lowest BCUT2D eigenvalue weighted by Gasteiger charge is -2.37. The number of hydrogen-bond acceptors (Lipinski definition) is 3. The van der Waals surface area contributed by atoms with Crippen LogP contribution in [0.15, 0.2) is 0 Å². The molecular formula is C16H26N2O2S. The van der Waals surface area contributed by atoms with Crippen LogP contribution in [0.5, 0.6) is 0 Å². The van der Waals surface area contributed by atoms with E-state index >= 15 is 0 Å². The van der Waals surface area contributed by atoms with E-state index in [1.807, 2.05) is 23.6 Å². The number of amides is 2. The SMILES string of the molecule is CSC1(CN2CCC(=O)NC(C)(C3CC3)C2=O)CCCC1. The van der Waals surface area contributed by atoms with Gasteiger partial charge in [0.25, 0.3) is 0 Å². The van der Waals surface area contributed by atoms with Crippen molar-refractivity contribution in [2.24, 2.45) is 5.92 Å². The summed E-state index contributed by atoms with van der Waals surface area (Å²) in [5.41, 5.74) is -0.661. The van der Waals surface area contributed by atoms with Crippen LogP contribution < -0.4 is 5.32 Å². The average molecular weight is 310 g/mol. The van der Waals surface area contributed by atoms with Crippen LogP contribution in [0.25, 0.3) is 0 Å². The van der Waals surface area contributed by atoms with Crippen molar-refractivity contribution in [3.05, 3.63) is 0 Å². The Morgan fingerprint density at radius 2 is 1.95 bits per heavy atom. The van der Waals surface area contributed by atoms with Gasteiger partial charge in [-0.15, -0.1) is 0 Å². The molecule has 0 radical (unpaired) electrons. The maximum absolute atomic E-state index is 13.0. The summed E-state index contributed by atoms with van der Waals surface area (Å²) in [6, 6.07) is 0. The zero-order valence-electron chi connectivity index (χ0n) is 13.1. The summed E-state index contributed by atoms with van der Waals surface area (Å²) in [6.07, 6.45) is 9.64. The monoisotopic (exact) mass is 310 g/mol. The molecule has 1 unspecified atom stereocenters. The predicted octanol–water partition coefficient (Wildman–Crippen LogP) is 2.18. The summed E-state index contributed by atoms with van der Waals surface area (Å²) in [6.45, 7) is 3.32. The van der Waals surface area contributed by atoms with Gasteiger partial charge in [-0.2, -0.15) is 11.8 Å². The minimum atomic E-state index is -0.661. The van der Waals surface area contributed by atoms with Gasteiger partial charge in [0.05, 0.1) is 0 Å². The molecule has 1 atom stereocenters. The number of thioether (sulfide) groups is 1. The molecule has 1 aliphatic heterocycles. The quantitative estimate of drug-likeness (QED) is 0.866. The van der Waals surface area contributed by atoms with Gasteiger partial charge in [-0.3, -0.25) is 9.59 Å². The highest BCUT2D eigenvalue weighted by Gasteiger charge is 2.52. The first-order valence-corrected chi connectivity index (χ1v) is 9.37. The molecule has 2 saturated carbocycles. The van der Waals surface area contributed by atoms with Crippen molar-refractivity contribution in [1.29, 1.82) is 0 Å². The van der Waals surface area contributed by atoms with Crippen LogP contribution in [0.2, 0.25) is 0 Å². The van der Waals surface area contributed by atoms with Gasteiger partial charge in [-0.05, 0) is 44.8 Å². The summed E-state index contributed by atoms with van der Waals surface area (Å²) in [7, 11) is 0. The zero-order chi connectivity index (χ0) is 15.1. The number of carbonyl (C=O) groups is 2. The smallest absolute Gasteiger partial charge is 0.248 e. The third-order valence-electron chi connectivity index (χ3n) is 5.56. The van der Waals surface area contributed by atoms with Gasteiger partial charge in [0.1, 0.15) is 5.54 Å². The Kier molecular flexibility index (Phi) is 3.97. The highest BCUT2D eigenvalue weighted by Crippen LogP contribution is 2.44. The highest BCUT2D eigenvalue weighted by atomic mass is 32.2. The second kappa shape index (κ2) is 5.49. The lowest BCUT2D eigenvalue weighted by atomic mass is 9.93. The number of rotatable bonds is 4. The summed E-state index contributed by atoms with van der Waals surface area (Å²) >= 11 is 1.91. The molecule has 4 nitrogen and oxygen atoms in total. The molecule has 0 spiro atoms. The Morgan fingerprint density at radius 3 is 2.52 bits per heavy atom. The number of nitrogens with one attached hydrogen (secondary N) is 1. The Morgan fingerprint density at radius 1 is 1.29 bits per heavy atom. The molecule has 0 aromatic rings. The third-order valence-corrected chi connectivity index (χ3v) is 6.96. The van der Waals surface area contributed by atoms with Gasteiger partial charge in [0, 0.05) is 24.3 Å². The third kappa shape index (κ3) is 2.81. The van der Waals surface area contributed by atoms with Gasteiger partial charge < -0.3 is 10.2 Å². The van der Waals surface area contributed by atoms with E-state index in [4.69, 9.17) is 0 Å². The molecule has 0 aromatic carbocycles. The fraction of sp³-hybridized carbons (Fsp3) is 0.875. The van der Waals surface area contributed by atoms with Crippen molar-refractivity contribution in [3.63, 3.8) is 0 Å². The van der Waals surface area contributed by atoms with Crippen LogP contribution >= 0.6 is 11.8 Å². The van der Waals surface area contributed by atoms with Crippen molar-refractivity contribution >= 4 is 23.6 Å². The van der Waals surface area contributed by atoms with Gasteiger partial charge in [0.15, 0.2) is 0 Å². The molecule has 2 amide bonds. The number of carbonyl (C=O) groups excluding carboxylic acids is 2. The van der Waals surface area contributed by atoms with Crippen LogP contribution in [-0.2, 0) is 9.59 Å². The van der Waals surface area contributed by atoms with E-state index in [-0.39, 0.29) is 16.6 Å². The first-order chi connectivity index (χ1) is 9.99. The van der Waals surface area contributed by atoms with E-state index in [0.29, 0.717) is 18.9 Å². The van der Waals surface area contributed by atoms with Crippen LogP contribution in [0.1, 0.15) is 51.9 Å². The number of hydrogen-bond donors (Lipinski definition) is 1. The molecule has 21 heavy (non-hydrogen) atoms. The van der Waals surface area contributed by atoms with Crippen LogP contribution in [-0.4, -0.2) is 46.3 Å². The fourth-order valence-electron chi connectivity index (χ4n) is 3.95. The van der Waals surface area contributed by atoms with Gasteiger partial charge in [0.2, 0.25) is 11.8 Å². The van der Waals surface area contributed by atoms with E-state index in [1.54, 1.807) is 0 Å². The molecule has 0 aromatic heterocycles. The van der Waals surface area contributed by atoms with Gasteiger partial charge >= 0.3 is 0 Å². The largest absolute Gasteiger partial charge is 0.342 e. The summed E-state index contributed by atoms with van der Waals surface area (Å²) in [4.78, 5) is 27.0. The molecule has 3 fully saturated rings. The minimum Gasteiger partial charge on any atom is -0.342 e. The van der Waals surface area contributed by atoms with Crippen LogP contribution in [0, 0.1) is 5.92 Å². The Bertz CT molecular complexity index is 444. The molecule has 5 heteroatoms. The Labute approximate surface area is 131 Å². The second-order valence-corrected chi connectivity index (χ2v) is 8.37. The highest BCUT2D eigenvalue weighted by molar-refractivity contribution is 8.00. The molecule has 3 rings (SSSR count). The molecule has 1 heterocycles. The van der Waals surface area contributed by atoms with Crippen molar-refractivity contribution in [3.8, 4) is 0 Å². The predicted molar refractivity (Wildman–Crippen MR) is 85.2 cm³/mol. The summed E-state index contributed by atoms with van der Waals surface area (Å²) < 4.78 is 0.216. The van der Waals surface area contributed by atoms with E-state index < -0.39 is 5.54 Å². The van der Waals surface area contributed by atoms with Crippen molar-refractivity contribution in [1.82, 2.24) is 10.2 Å². The normalized spacial score (nSPS) is 33.0. The van der Waals surface area contributed by atoms with Crippen molar-refractivity contribution < 1.29 is 9.59 Å². The summed E-state index contributed by atoms with van der Waals surface area (Å²) in [5, 5.41) is 3.02. The first-order valence-electron chi connectivity index (χ1n) is 8.15. The van der Waals surface area contributed by atoms with Crippen LogP contribution in [0.3, 0.4) is 0 Å². The molecule has 2 aliphatic carbocycles. The standard InChI is InChI=1S/C16H26N2O2S/c1-15(12-5-6-12)14(20)18(10-7-13(19)17-15)11-16(21-2)8-3-4-9-16/h12H,3-11H2,1-2H3,(H,17,19). The molecule has 1 saturated heterocycles. The molecular weight excluding hydrogens is 284 g/mol. The maximum atomic E-state index is 13.0.